The van der Waals surface area contributed by atoms with E-state index in [9.17, 15) is 13.6 Å². The predicted molar refractivity (Wildman–Crippen MR) is 79.1 cm³/mol. The summed E-state index contributed by atoms with van der Waals surface area (Å²) in [6.07, 6.45) is 3.75. The van der Waals surface area contributed by atoms with Crippen LogP contribution in [0.4, 0.5) is 8.78 Å². The molecule has 21 heavy (non-hydrogen) atoms. The minimum Gasteiger partial charge on any atom is -0.297 e. The number of hydrogen-bond acceptors (Lipinski definition) is 2. The minimum absolute atomic E-state index is 0.0596. The van der Waals surface area contributed by atoms with Crippen LogP contribution in [0.3, 0.4) is 0 Å². The molecule has 0 spiro atoms. The Morgan fingerprint density at radius 3 is 2.19 bits per heavy atom. The second kappa shape index (κ2) is 6.22. The van der Waals surface area contributed by atoms with Gasteiger partial charge in [-0.2, -0.15) is 0 Å². The Morgan fingerprint density at radius 1 is 1.19 bits per heavy atom. The van der Waals surface area contributed by atoms with Crippen molar-refractivity contribution in [2.45, 2.75) is 44.6 Å². The normalized spacial score (nSPS) is 26.1. The number of hydrogen-bond donors (Lipinski definition) is 0. The van der Waals surface area contributed by atoms with Gasteiger partial charge < -0.3 is 0 Å². The average molecular weight is 295 g/mol. The van der Waals surface area contributed by atoms with Crippen molar-refractivity contribution >= 4 is 5.78 Å². The van der Waals surface area contributed by atoms with Gasteiger partial charge in [-0.25, -0.2) is 8.78 Å². The van der Waals surface area contributed by atoms with Crippen molar-refractivity contribution in [3.8, 4) is 0 Å². The van der Waals surface area contributed by atoms with E-state index in [1.54, 1.807) is 0 Å². The molecule has 0 aliphatic heterocycles. The molecular weight excluding hydrogens is 272 g/mol. The average Bonchev–Trinajstić information content (AvgIpc) is 2.38. The van der Waals surface area contributed by atoms with Crippen molar-refractivity contribution in [1.82, 2.24) is 4.90 Å². The molecule has 0 aromatic heterocycles. The molecule has 0 N–H and O–H groups in total. The summed E-state index contributed by atoms with van der Waals surface area (Å²) in [5, 5.41) is 0. The molecule has 1 aliphatic rings. The zero-order valence-electron chi connectivity index (χ0n) is 13.0. The fraction of sp³-hybridized carbons (Fsp3) is 0.588. The Kier molecular flexibility index (Phi) is 4.77. The zero-order chi connectivity index (χ0) is 15.6. The number of benzene rings is 1. The molecule has 1 fully saturated rings. The number of carbonyl (C=O) groups is 1. The lowest BCUT2D eigenvalue weighted by molar-refractivity contribution is -0.131. The molecule has 0 unspecified atom stereocenters. The third-order valence-corrected chi connectivity index (χ3v) is 4.76. The van der Waals surface area contributed by atoms with E-state index in [0.29, 0.717) is 11.5 Å². The largest absolute Gasteiger partial charge is 0.297 e. The van der Waals surface area contributed by atoms with Crippen LogP contribution in [0.1, 0.15) is 38.2 Å². The second-order valence-electron chi connectivity index (χ2n) is 6.49. The molecule has 0 bridgehead atoms. The maximum Gasteiger partial charge on any atom is 0.157 e. The molecule has 0 saturated heterocycles. The molecule has 1 aromatic carbocycles. The SMILES string of the molecule is CC1CCC(C(=O)Cc2cc(F)cc(F)c2)(N(C)C)CC1. The number of Topliss-reactive ketones (excluding diaryl/α,β-unsaturated/α-hetero) is 1. The molecule has 1 saturated carbocycles. The molecular formula is C17H23F2NO. The van der Waals surface area contributed by atoms with E-state index in [0.717, 1.165) is 31.7 Å². The van der Waals surface area contributed by atoms with Crippen LogP contribution in [0.5, 0.6) is 0 Å². The van der Waals surface area contributed by atoms with Gasteiger partial charge in [-0.05, 0) is 63.4 Å². The molecule has 2 nitrogen and oxygen atoms in total. The van der Waals surface area contributed by atoms with Crippen molar-refractivity contribution in [1.29, 1.82) is 0 Å². The van der Waals surface area contributed by atoms with Crippen LogP contribution in [0.25, 0.3) is 0 Å². The van der Waals surface area contributed by atoms with E-state index in [4.69, 9.17) is 0 Å². The molecule has 4 heteroatoms. The van der Waals surface area contributed by atoms with Gasteiger partial charge in [0.25, 0.3) is 0 Å². The van der Waals surface area contributed by atoms with Gasteiger partial charge in [0.15, 0.2) is 5.78 Å². The van der Waals surface area contributed by atoms with E-state index < -0.39 is 17.2 Å². The van der Waals surface area contributed by atoms with Crippen molar-refractivity contribution in [3.63, 3.8) is 0 Å². The quantitative estimate of drug-likeness (QED) is 0.846. The van der Waals surface area contributed by atoms with Crippen molar-refractivity contribution in [2.75, 3.05) is 14.1 Å². The van der Waals surface area contributed by atoms with Gasteiger partial charge >= 0.3 is 0 Å². The predicted octanol–water partition coefficient (Wildman–Crippen LogP) is 3.59. The third kappa shape index (κ3) is 3.49. The Morgan fingerprint density at radius 2 is 1.71 bits per heavy atom. The first kappa shape index (κ1) is 16.1. The van der Waals surface area contributed by atoms with Crippen LogP contribution in [-0.4, -0.2) is 30.3 Å². The van der Waals surface area contributed by atoms with Gasteiger partial charge in [-0.3, -0.25) is 9.69 Å². The lowest BCUT2D eigenvalue weighted by Gasteiger charge is -2.43. The summed E-state index contributed by atoms with van der Waals surface area (Å²) in [4.78, 5) is 14.8. The summed E-state index contributed by atoms with van der Waals surface area (Å²) < 4.78 is 26.5. The maximum absolute atomic E-state index is 13.3. The monoisotopic (exact) mass is 295 g/mol. The molecule has 0 atom stereocenters. The van der Waals surface area contributed by atoms with Crippen LogP contribution in [0.15, 0.2) is 18.2 Å². The highest BCUT2D eigenvalue weighted by Crippen LogP contribution is 2.36. The summed E-state index contributed by atoms with van der Waals surface area (Å²) in [6, 6.07) is 3.32. The standard InChI is InChI=1S/C17H23F2NO/c1-12-4-6-17(7-5-12,20(2)3)16(21)10-13-8-14(18)11-15(19)9-13/h8-9,11-12H,4-7,10H2,1-3H3. The topological polar surface area (TPSA) is 20.3 Å². The Hall–Kier alpha value is -1.29. The fourth-order valence-corrected chi connectivity index (χ4v) is 3.28. The number of nitrogens with zero attached hydrogens (tertiary/aromatic N) is 1. The van der Waals surface area contributed by atoms with Gasteiger partial charge in [0.1, 0.15) is 11.6 Å². The smallest absolute Gasteiger partial charge is 0.157 e. The number of rotatable bonds is 4. The highest BCUT2D eigenvalue weighted by atomic mass is 19.1. The molecule has 0 heterocycles. The highest BCUT2D eigenvalue weighted by molar-refractivity contribution is 5.90. The molecule has 0 radical (unpaired) electrons. The number of ketones is 1. The number of halogens is 2. The Balaban J connectivity index is 2.19. The number of likely N-dealkylation sites (N-methyl/N-ethyl adjacent to an activating group) is 1. The van der Waals surface area contributed by atoms with Crippen LogP contribution >= 0.6 is 0 Å². The first-order chi connectivity index (χ1) is 9.83. The first-order valence-corrected chi connectivity index (χ1v) is 7.49. The fourth-order valence-electron chi connectivity index (χ4n) is 3.28. The first-order valence-electron chi connectivity index (χ1n) is 7.49. The molecule has 1 aromatic rings. The van der Waals surface area contributed by atoms with Gasteiger partial charge in [-0.15, -0.1) is 0 Å². The van der Waals surface area contributed by atoms with Gasteiger partial charge in [0.2, 0.25) is 0 Å². The summed E-state index contributed by atoms with van der Waals surface area (Å²) in [7, 11) is 3.83. The van der Waals surface area contributed by atoms with E-state index >= 15 is 0 Å². The highest BCUT2D eigenvalue weighted by Gasteiger charge is 2.42. The van der Waals surface area contributed by atoms with Gasteiger partial charge in [-0.1, -0.05) is 6.92 Å². The van der Waals surface area contributed by atoms with Crippen LogP contribution < -0.4 is 0 Å². The van der Waals surface area contributed by atoms with Gasteiger partial charge in [0, 0.05) is 12.5 Å². The Bertz CT molecular complexity index is 499. The molecule has 116 valence electrons. The summed E-state index contributed by atoms with van der Waals surface area (Å²) in [6.45, 7) is 2.20. The lowest BCUT2D eigenvalue weighted by Crippen LogP contribution is -2.53. The second-order valence-corrected chi connectivity index (χ2v) is 6.49. The van der Waals surface area contributed by atoms with E-state index in [1.165, 1.54) is 12.1 Å². The van der Waals surface area contributed by atoms with Crippen molar-refractivity contribution in [2.24, 2.45) is 5.92 Å². The van der Waals surface area contributed by atoms with Crippen LogP contribution in [-0.2, 0) is 11.2 Å². The Labute approximate surface area is 125 Å². The van der Waals surface area contributed by atoms with Crippen LogP contribution in [0.2, 0.25) is 0 Å². The molecule has 2 rings (SSSR count). The van der Waals surface area contributed by atoms with E-state index in [1.807, 2.05) is 19.0 Å². The number of carbonyl (C=O) groups excluding carboxylic acids is 1. The summed E-state index contributed by atoms with van der Waals surface area (Å²) in [5.74, 6) is -0.565. The van der Waals surface area contributed by atoms with E-state index in [-0.39, 0.29) is 12.2 Å². The molecule has 1 aliphatic carbocycles. The summed E-state index contributed by atoms with van der Waals surface area (Å²) in [5.41, 5.74) is -0.0766. The van der Waals surface area contributed by atoms with Gasteiger partial charge in [0.05, 0.1) is 5.54 Å². The van der Waals surface area contributed by atoms with E-state index in [2.05, 4.69) is 6.92 Å². The third-order valence-electron chi connectivity index (χ3n) is 4.76. The zero-order valence-corrected chi connectivity index (χ0v) is 13.0. The molecule has 0 amide bonds. The lowest BCUT2D eigenvalue weighted by atomic mass is 9.72. The van der Waals surface area contributed by atoms with Crippen LogP contribution in [0, 0.1) is 17.6 Å². The minimum atomic E-state index is -0.631. The summed E-state index contributed by atoms with van der Waals surface area (Å²) >= 11 is 0. The maximum atomic E-state index is 13.3. The van der Waals surface area contributed by atoms with Crippen molar-refractivity contribution < 1.29 is 13.6 Å². The van der Waals surface area contributed by atoms with Crippen molar-refractivity contribution in [3.05, 3.63) is 35.4 Å².